The van der Waals surface area contributed by atoms with Crippen LogP contribution in [0.1, 0.15) is 11.3 Å². The van der Waals surface area contributed by atoms with Gasteiger partial charge in [0.1, 0.15) is 17.3 Å². The van der Waals surface area contributed by atoms with Crippen LogP contribution in [0.25, 0.3) is 28.3 Å². The summed E-state index contributed by atoms with van der Waals surface area (Å²) in [5.41, 5.74) is 1.31. The summed E-state index contributed by atoms with van der Waals surface area (Å²) in [6.45, 7) is 2.86. The Bertz CT molecular complexity index is 1450. The number of aryl methyl sites for hydroxylation is 1. The quantitative estimate of drug-likeness (QED) is 0.460. The van der Waals surface area contributed by atoms with E-state index in [0.29, 0.717) is 24.5 Å². The van der Waals surface area contributed by atoms with Crippen molar-refractivity contribution in [2.75, 3.05) is 26.8 Å². The number of aromatic amines is 2. The van der Waals surface area contributed by atoms with Crippen molar-refractivity contribution in [3.8, 4) is 22.6 Å². The molecule has 1 aliphatic heterocycles. The number of carbonyl (C=O) groups is 1. The van der Waals surface area contributed by atoms with E-state index in [0.717, 1.165) is 17.7 Å². The standard InChI is InChI=1S/C23H22F2N6O4/c1-12-3-4-31-17(10-14-11-30(5-6-35-14)23(33)34-2)20(26-18(31)7-12)19-15(24)8-13(9-16(19)25)21-27-22(32)29-28-21/h3-4,7-9,14H,5-6,10-11H2,1-2H3,(H2,27,28,29,32). The smallest absolute Gasteiger partial charge is 0.409 e. The van der Waals surface area contributed by atoms with Crippen molar-refractivity contribution in [3.05, 3.63) is 63.8 Å². The Morgan fingerprint density at radius 2 is 2.06 bits per heavy atom. The predicted molar refractivity (Wildman–Crippen MR) is 121 cm³/mol. The van der Waals surface area contributed by atoms with Gasteiger partial charge >= 0.3 is 11.8 Å². The predicted octanol–water partition coefficient (Wildman–Crippen LogP) is 2.68. The average Bonchev–Trinajstić information content (AvgIpc) is 3.41. The van der Waals surface area contributed by atoms with E-state index in [1.165, 1.54) is 12.0 Å². The van der Waals surface area contributed by atoms with Crippen LogP contribution in [-0.2, 0) is 15.9 Å². The van der Waals surface area contributed by atoms with Gasteiger partial charge in [0.05, 0.1) is 43.3 Å². The molecule has 2 N–H and O–H groups in total. The number of rotatable bonds is 4. The van der Waals surface area contributed by atoms with Gasteiger partial charge < -0.3 is 18.8 Å². The highest BCUT2D eigenvalue weighted by Crippen LogP contribution is 2.33. The third-order valence-corrected chi connectivity index (χ3v) is 5.93. The fraction of sp³-hybridized carbons (Fsp3) is 0.304. The second kappa shape index (κ2) is 8.95. The lowest BCUT2D eigenvalue weighted by Gasteiger charge is -2.32. The summed E-state index contributed by atoms with van der Waals surface area (Å²) in [7, 11) is 1.31. The first-order chi connectivity index (χ1) is 16.8. The Balaban J connectivity index is 1.59. The van der Waals surface area contributed by atoms with E-state index < -0.39 is 29.5 Å². The lowest BCUT2D eigenvalue weighted by Crippen LogP contribution is -2.46. The number of amides is 1. The number of nitrogens with zero attached hydrogens (tertiary/aromatic N) is 4. The maximum absolute atomic E-state index is 15.3. The number of imidazole rings is 1. The summed E-state index contributed by atoms with van der Waals surface area (Å²) in [6, 6.07) is 5.88. The molecule has 3 aromatic heterocycles. The van der Waals surface area contributed by atoms with Crippen molar-refractivity contribution >= 4 is 11.7 Å². The minimum atomic E-state index is -0.856. The van der Waals surface area contributed by atoms with Crippen LogP contribution in [-0.4, -0.2) is 68.5 Å². The molecular weight excluding hydrogens is 462 g/mol. The van der Waals surface area contributed by atoms with E-state index in [4.69, 9.17) is 9.47 Å². The number of aromatic nitrogens is 5. The SMILES string of the molecule is COC(=O)N1CCOC(Cc2c(-c3c(F)cc(-c4n[nH]c(=O)[nH]4)cc3F)nc3cc(C)ccn23)C1. The van der Waals surface area contributed by atoms with Crippen molar-refractivity contribution in [1.29, 1.82) is 0 Å². The molecule has 0 radical (unpaired) electrons. The number of H-pyrrole nitrogens is 2. The highest BCUT2D eigenvalue weighted by molar-refractivity contribution is 5.71. The number of pyridine rings is 1. The minimum Gasteiger partial charge on any atom is -0.453 e. The van der Waals surface area contributed by atoms with Crippen LogP contribution in [0, 0.1) is 18.6 Å². The van der Waals surface area contributed by atoms with Crippen molar-refractivity contribution < 1.29 is 23.0 Å². The number of nitrogens with one attached hydrogen (secondary N) is 2. The van der Waals surface area contributed by atoms with Gasteiger partial charge in [-0.05, 0) is 36.8 Å². The van der Waals surface area contributed by atoms with E-state index in [9.17, 15) is 9.59 Å². The van der Waals surface area contributed by atoms with Gasteiger partial charge in [0.15, 0.2) is 5.82 Å². The van der Waals surface area contributed by atoms with Crippen LogP contribution in [0.3, 0.4) is 0 Å². The molecule has 182 valence electrons. The summed E-state index contributed by atoms with van der Waals surface area (Å²) in [6.07, 6.45) is 1.15. The molecule has 0 aliphatic carbocycles. The molecule has 1 atom stereocenters. The molecule has 1 amide bonds. The van der Waals surface area contributed by atoms with Crippen LogP contribution >= 0.6 is 0 Å². The fourth-order valence-corrected chi connectivity index (χ4v) is 4.29. The number of fused-ring (bicyclic) bond motifs is 1. The molecule has 5 rings (SSSR count). The van der Waals surface area contributed by atoms with E-state index in [-0.39, 0.29) is 35.6 Å². The topological polar surface area (TPSA) is 118 Å². The molecule has 0 bridgehead atoms. The Morgan fingerprint density at radius 3 is 2.74 bits per heavy atom. The molecule has 0 saturated carbocycles. The zero-order valence-electron chi connectivity index (χ0n) is 19.0. The molecule has 35 heavy (non-hydrogen) atoms. The molecule has 1 aliphatic rings. The summed E-state index contributed by atoms with van der Waals surface area (Å²) >= 11 is 0. The van der Waals surface area contributed by atoms with Gasteiger partial charge in [-0.1, -0.05) is 0 Å². The molecular formula is C23H22F2N6O4. The average molecular weight is 484 g/mol. The molecule has 10 nitrogen and oxygen atoms in total. The monoisotopic (exact) mass is 484 g/mol. The largest absolute Gasteiger partial charge is 0.453 e. The van der Waals surface area contributed by atoms with Crippen LogP contribution in [0.4, 0.5) is 13.6 Å². The van der Waals surface area contributed by atoms with Gasteiger partial charge in [0, 0.05) is 24.7 Å². The summed E-state index contributed by atoms with van der Waals surface area (Å²) in [4.78, 5) is 31.8. The number of hydrogen-bond donors (Lipinski definition) is 2. The number of methoxy groups -OCH3 is 1. The fourth-order valence-electron chi connectivity index (χ4n) is 4.29. The third kappa shape index (κ3) is 4.28. The van der Waals surface area contributed by atoms with Gasteiger partial charge in [-0.2, -0.15) is 5.10 Å². The van der Waals surface area contributed by atoms with Crippen LogP contribution in [0.2, 0.25) is 0 Å². The highest BCUT2D eigenvalue weighted by Gasteiger charge is 2.29. The summed E-state index contributed by atoms with van der Waals surface area (Å²) in [5.74, 6) is -1.69. The number of ether oxygens (including phenoxy) is 2. The van der Waals surface area contributed by atoms with Gasteiger partial charge in [-0.25, -0.2) is 28.5 Å². The first-order valence-corrected chi connectivity index (χ1v) is 10.9. The minimum absolute atomic E-state index is 0.0173. The van der Waals surface area contributed by atoms with Crippen LogP contribution < -0.4 is 5.69 Å². The third-order valence-electron chi connectivity index (χ3n) is 5.93. The number of benzene rings is 1. The van der Waals surface area contributed by atoms with E-state index >= 15 is 8.78 Å². The molecule has 4 heterocycles. The Labute approximate surface area is 197 Å². The highest BCUT2D eigenvalue weighted by atomic mass is 19.1. The first-order valence-electron chi connectivity index (χ1n) is 10.9. The van der Waals surface area contributed by atoms with Gasteiger partial charge in [0.2, 0.25) is 0 Å². The van der Waals surface area contributed by atoms with E-state index in [2.05, 4.69) is 20.2 Å². The van der Waals surface area contributed by atoms with Gasteiger partial charge in [-0.3, -0.25) is 4.98 Å². The van der Waals surface area contributed by atoms with Crippen LogP contribution in [0.5, 0.6) is 0 Å². The van der Waals surface area contributed by atoms with Gasteiger partial charge in [-0.15, -0.1) is 0 Å². The molecule has 0 spiro atoms. The molecule has 12 heteroatoms. The zero-order chi connectivity index (χ0) is 24.7. The number of carbonyl (C=O) groups excluding carboxylic acids is 1. The maximum atomic E-state index is 15.3. The summed E-state index contributed by atoms with van der Waals surface area (Å²) < 4.78 is 43.1. The second-order valence-corrected chi connectivity index (χ2v) is 8.29. The number of morpholine rings is 1. The van der Waals surface area contributed by atoms with Crippen molar-refractivity contribution in [3.63, 3.8) is 0 Å². The number of hydrogen-bond acceptors (Lipinski definition) is 6. The molecule has 1 saturated heterocycles. The van der Waals surface area contributed by atoms with E-state index in [1.807, 2.05) is 19.1 Å². The normalized spacial score (nSPS) is 16.1. The first kappa shape index (κ1) is 22.7. The van der Waals surface area contributed by atoms with Gasteiger partial charge in [0.25, 0.3) is 0 Å². The maximum Gasteiger partial charge on any atom is 0.409 e. The van der Waals surface area contributed by atoms with Crippen molar-refractivity contribution in [1.82, 2.24) is 29.5 Å². The molecule has 4 aromatic rings. The van der Waals surface area contributed by atoms with Crippen molar-refractivity contribution in [2.45, 2.75) is 19.4 Å². The Morgan fingerprint density at radius 1 is 1.29 bits per heavy atom. The lowest BCUT2D eigenvalue weighted by molar-refractivity contribution is -0.0241. The Kier molecular flexibility index (Phi) is 5.81. The summed E-state index contributed by atoms with van der Waals surface area (Å²) in [5, 5.41) is 5.91. The lowest BCUT2D eigenvalue weighted by atomic mass is 10.0. The zero-order valence-corrected chi connectivity index (χ0v) is 19.0. The number of halogens is 2. The van der Waals surface area contributed by atoms with Crippen molar-refractivity contribution in [2.24, 2.45) is 0 Å². The Hall–Kier alpha value is -4.06. The van der Waals surface area contributed by atoms with E-state index in [1.54, 1.807) is 10.6 Å². The van der Waals surface area contributed by atoms with Crippen LogP contribution in [0.15, 0.2) is 35.3 Å². The molecule has 1 aromatic carbocycles. The molecule has 1 fully saturated rings. The molecule has 1 unspecified atom stereocenters. The second-order valence-electron chi connectivity index (χ2n) is 8.29.